The van der Waals surface area contributed by atoms with Crippen molar-refractivity contribution in [3.63, 3.8) is 0 Å². The number of hydrogen-bond donors (Lipinski definition) is 0. The van der Waals surface area contributed by atoms with Gasteiger partial charge in [0.1, 0.15) is 0 Å². The maximum atomic E-state index is 12.4. The Labute approximate surface area is 176 Å². The molecular weight excluding hydrogens is 439 g/mol. The Balaban J connectivity index is 3.86. The Morgan fingerprint density at radius 2 is 1.00 bits per heavy atom. The first-order valence-electron chi connectivity index (χ1n) is 12.4. The first kappa shape index (κ1) is 27.3. The third-order valence-corrected chi connectivity index (χ3v) is 18.9. The van der Waals surface area contributed by atoms with Gasteiger partial charge >= 0.3 is 169 Å². The van der Waals surface area contributed by atoms with Crippen LogP contribution in [-0.2, 0) is 7.87 Å². The number of rotatable bonds is 20. The van der Waals surface area contributed by atoms with Gasteiger partial charge in [-0.2, -0.15) is 0 Å². The molecule has 0 saturated heterocycles. The van der Waals surface area contributed by atoms with E-state index in [9.17, 15) is 4.79 Å². The summed E-state index contributed by atoms with van der Waals surface area (Å²) in [4.78, 5) is 12.4. The fourth-order valence-electron chi connectivity index (χ4n) is 3.90. The first-order valence-corrected chi connectivity index (χ1v) is 19.6. The van der Waals surface area contributed by atoms with Crippen molar-refractivity contribution in [1.29, 1.82) is 0 Å². The summed E-state index contributed by atoms with van der Waals surface area (Å²) in [5.41, 5.74) is 0. The van der Waals surface area contributed by atoms with Crippen molar-refractivity contribution in [1.82, 2.24) is 0 Å². The standard InChI is InChI=1S/C12H24O2.C8H17.2C2H5.Sn/c1-2-3-4-5-6-7-8-9-10-11-12(13)14;1-3-5-7-8-6-4-2;2*1-2;/h2-11H2,1H3,(H,13,14);1,3-8H2,2H3;2*1H2,2H3;/q;;;;+1/p-1. The van der Waals surface area contributed by atoms with Gasteiger partial charge in [-0.15, -0.1) is 0 Å². The molecule has 0 fully saturated rings. The van der Waals surface area contributed by atoms with Crippen LogP contribution in [0.2, 0.25) is 13.3 Å². The van der Waals surface area contributed by atoms with Crippen LogP contribution in [0.5, 0.6) is 0 Å². The zero-order valence-corrected chi connectivity index (χ0v) is 22.1. The zero-order chi connectivity index (χ0) is 20.2. The second kappa shape index (κ2) is 19.6. The monoisotopic (exact) mass is 490 g/mol. The van der Waals surface area contributed by atoms with Gasteiger partial charge in [0, 0.05) is 0 Å². The van der Waals surface area contributed by atoms with Gasteiger partial charge in [0.05, 0.1) is 0 Å². The molecule has 0 saturated carbocycles. The van der Waals surface area contributed by atoms with Gasteiger partial charge in [-0.3, -0.25) is 0 Å². The summed E-state index contributed by atoms with van der Waals surface area (Å²) < 4.78 is 9.77. The van der Waals surface area contributed by atoms with E-state index >= 15 is 0 Å². The Morgan fingerprint density at radius 3 is 1.44 bits per heavy atom. The molecule has 0 bridgehead atoms. The fourth-order valence-corrected chi connectivity index (χ4v) is 12.7. The van der Waals surface area contributed by atoms with E-state index in [-0.39, 0.29) is 5.97 Å². The predicted molar refractivity (Wildman–Crippen MR) is 123 cm³/mol. The van der Waals surface area contributed by atoms with Crippen LogP contribution in [0.4, 0.5) is 0 Å². The first-order chi connectivity index (χ1) is 13.1. The average Bonchev–Trinajstić information content (AvgIpc) is 2.68. The topological polar surface area (TPSA) is 26.3 Å². The average molecular weight is 489 g/mol. The molecule has 0 N–H and O–H groups in total. The summed E-state index contributed by atoms with van der Waals surface area (Å²) >= 11 is -2.64. The van der Waals surface area contributed by atoms with Crippen molar-refractivity contribution in [3.05, 3.63) is 0 Å². The van der Waals surface area contributed by atoms with Crippen LogP contribution in [0.25, 0.3) is 0 Å². The van der Waals surface area contributed by atoms with Gasteiger partial charge in [-0.1, -0.05) is 6.92 Å². The molecule has 0 aromatic carbocycles. The Kier molecular flexibility index (Phi) is 19.8. The Morgan fingerprint density at radius 1 is 0.593 bits per heavy atom. The van der Waals surface area contributed by atoms with Gasteiger partial charge in [-0.25, -0.2) is 0 Å². The second-order valence-corrected chi connectivity index (χ2v) is 21.3. The second-order valence-electron chi connectivity index (χ2n) is 8.46. The summed E-state index contributed by atoms with van der Waals surface area (Å²) in [5.74, 6) is 0.128. The van der Waals surface area contributed by atoms with E-state index in [1.54, 1.807) is 0 Å². The van der Waals surface area contributed by atoms with Crippen molar-refractivity contribution in [2.45, 2.75) is 144 Å². The molecule has 0 radical (unpaired) electrons. The molecule has 0 unspecified atom stereocenters. The van der Waals surface area contributed by atoms with Gasteiger partial charge in [0.25, 0.3) is 0 Å². The van der Waals surface area contributed by atoms with Crippen LogP contribution >= 0.6 is 0 Å². The van der Waals surface area contributed by atoms with Crippen molar-refractivity contribution in [2.24, 2.45) is 0 Å². The van der Waals surface area contributed by atoms with Crippen LogP contribution in [0.1, 0.15) is 130 Å². The zero-order valence-electron chi connectivity index (χ0n) is 19.3. The van der Waals surface area contributed by atoms with E-state index in [1.165, 1.54) is 94.3 Å². The number of carbonyl (C=O) groups is 1. The molecule has 0 aromatic heterocycles. The van der Waals surface area contributed by atoms with Crippen LogP contribution in [0, 0.1) is 0 Å². The molecule has 0 spiro atoms. The minimum atomic E-state index is -2.64. The van der Waals surface area contributed by atoms with Crippen molar-refractivity contribution >= 4 is 24.8 Å². The SMILES string of the molecule is CCCCCCCCCCCC(=O)[O][Sn]([CH2]C)([CH2]C)[CH2]CCCCCCC. The fraction of sp³-hybridized carbons (Fsp3) is 0.958. The predicted octanol–water partition coefficient (Wildman–Crippen LogP) is 8.80. The van der Waals surface area contributed by atoms with Crippen LogP contribution in [0.3, 0.4) is 0 Å². The summed E-state index contributed by atoms with van der Waals surface area (Å²) in [6.07, 6.45) is 20.4. The van der Waals surface area contributed by atoms with Gasteiger partial charge < -0.3 is 0 Å². The molecule has 0 aliphatic carbocycles. The molecule has 0 aliphatic heterocycles. The summed E-state index contributed by atoms with van der Waals surface area (Å²) in [6, 6.07) is 0. The normalized spacial score (nSPS) is 11.7. The van der Waals surface area contributed by atoms with E-state index in [0.717, 1.165) is 15.3 Å². The molecule has 0 atom stereocenters. The van der Waals surface area contributed by atoms with E-state index < -0.39 is 18.8 Å². The van der Waals surface area contributed by atoms with Crippen molar-refractivity contribution in [2.75, 3.05) is 0 Å². The molecular formula is C24H50O2Sn. The number of carbonyl (C=O) groups excluding carboxylic acids is 1. The summed E-state index contributed by atoms with van der Waals surface area (Å²) in [5, 5.41) is 0. The maximum absolute atomic E-state index is 12.4. The molecule has 0 aromatic rings. The van der Waals surface area contributed by atoms with Gasteiger partial charge in [0.15, 0.2) is 0 Å². The van der Waals surface area contributed by atoms with Crippen molar-refractivity contribution in [3.8, 4) is 0 Å². The van der Waals surface area contributed by atoms with E-state index in [1.807, 2.05) is 0 Å². The Bertz CT molecular complexity index is 326. The van der Waals surface area contributed by atoms with Crippen LogP contribution in [-0.4, -0.2) is 24.8 Å². The molecule has 2 nitrogen and oxygen atoms in total. The molecule has 0 heterocycles. The van der Waals surface area contributed by atoms with Gasteiger partial charge in [0.2, 0.25) is 0 Å². The van der Waals surface area contributed by atoms with Crippen LogP contribution in [0.15, 0.2) is 0 Å². The van der Waals surface area contributed by atoms with E-state index in [0.29, 0.717) is 6.42 Å². The number of hydrogen-bond acceptors (Lipinski definition) is 2. The summed E-state index contributed by atoms with van der Waals surface area (Å²) in [6.45, 7) is 9.07. The van der Waals surface area contributed by atoms with E-state index in [4.69, 9.17) is 3.07 Å². The molecule has 0 rings (SSSR count). The molecule has 162 valence electrons. The molecule has 0 aliphatic rings. The van der Waals surface area contributed by atoms with E-state index in [2.05, 4.69) is 27.7 Å². The third-order valence-electron chi connectivity index (χ3n) is 6.09. The van der Waals surface area contributed by atoms with Gasteiger partial charge in [-0.05, 0) is 0 Å². The molecule has 27 heavy (non-hydrogen) atoms. The summed E-state index contributed by atoms with van der Waals surface area (Å²) in [7, 11) is 0. The minimum absolute atomic E-state index is 0.128. The molecule has 0 amide bonds. The Hall–Kier alpha value is 0.269. The quantitative estimate of drug-likeness (QED) is 0.126. The molecule has 3 heteroatoms. The third kappa shape index (κ3) is 15.8. The number of unbranched alkanes of at least 4 members (excludes halogenated alkanes) is 13. The van der Waals surface area contributed by atoms with Crippen molar-refractivity contribution < 1.29 is 7.87 Å². The van der Waals surface area contributed by atoms with Crippen LogP contribution < -0.4 is 0 Å².